The van der Waals surface area contributed by atoms with E-state index in [9.17, 15) is 0 Å². The number of hydrogen-bond donors (Lipinski definition) is 0. The Morgan fingerprint density at radius 1 is 0.552 bits per heavy atom. The summed E-state index contributed by atoms with van der Waals surface area (Å²) in [7, 11) is 0. The summed E-state index contributed by atoms with van der Waals surface area (Å²) in [6.07, 6.45) is 0. The van der Waals surface area contributed by atoms with E-state index in [0.717, 1.165) is 39.6 Å². The van der Waals surface area contributed by atoms with E-state index in [1.807, 2.05) is 24.3 Å². The number of nitrogens with zero attached hydrogens (tertiary/aromatic N) is 1. The predicted molar refractivity (Wildman–Crippen MR) is 120 cm³/mol. The van der Waals surface area contributed by atoms with Crippen LogP contribution < -0.4 is 0 Å². The monoisotopic (exact) mass is 375 g/mol. The summed E-state index contributed by atoms with van der Waals surface area (Å²) in [5, 5.41) is 7.18. The van der Waals surface area contributed by atoms with Crippen molar-refractivity contribution in [1.82, 2.24) is 4.57 Å². The van der Waals surface area contributed by atoms with E-state index < -0.39 is 0 Å². The lowest BCUT2D eigenvalue weighted by atomic mass is 10.1. The third-order valence-electron chi connectivity index (χ3n) is 6.18. The first-order valence-corrected chi connectivity index (χ1v) is 10.0. The van der Waals surface area contributed by atoms with Crippen molar-refractivity contribution in [2.75, 3.05) is 0 Å². The first kappa shape index (κ1) is 15.2. The fraction of sp³-hybridized carbons (Fsp3) is 0.0769. The van der Waals surface area contributed by atoms with E-state index in [4.69, 9.17) is 8.83 Å². The zero-order valence-electron chi connectivity index (χ0n) is 15.9. The van der Waals surface area contributed by atoms with Gasteiger partial charge in [-0.05, 0) is 31.2 Å². The Morgan fingerprint density at radius 3 is 1.52 bits per heavy atom. The maximum atomic E-state index is 6.14. The van der Waals surface area contributed by atoms with Gasteiger partial charge in [-0.25, -0.2) is 0 Å². The summed E-state index contributed by atoms with van der Waals surface area (Å²) in [5.41, 5.74) is 6.14. The Morgan fingerprint density at radius 2 is 1.03 bits per heavy atom. The van der Waals surface area contributed by atoms with Crippen molar-refractivity contribution in [2.45, 2.75) is 13.5 Å². The van der Waals surface area contributed by atoms with Gasteiger partial charge in [-0.3, -0.25) is 0 Å². The van der Waals surface area contributed by atoms with Gasteiger partial charge in [0.05, 0.1) is 11.0 Å². The molecule has 0 aliphatic rings. The highest BCUT2D eigenvalue weighted by atomic mass is 16.3. The van der Waals surface area contributed by atoms with Gasteiger partial charge >= 0.3 is 0 Å². The van der Waals surface area contributed by atoms with Crippen LogP contribution in [0.3, 0.4) is 0 Å². The fourth-order valence-corrected chi connectivity index (χ4v) is 4.87. The van der Waals surface area contributed by atoms with E-state index in [2.05, 4.69) is 60.0 Å². The van der Waals surface area contributed by atoms with Crippen molar-refractivity contribution in [3.8, 4) is 0 Å². The SMILES string of the molecule is CCn1c2cc3oc4ccccc4c3cc2c2cc3c(cc21)oc1ccccc13. The van der Waals surface area contributed by atoms with Gasteiger partial charge in [-0.2, -0.15) is 0 Å². The standard InChI is InChI=1S/C26H17NO2/c1-2-27-21-13-25-19(15-7-3-5-9-23(15)28-25)11-17(21)18-12-20-16-8-4-6-10-24(16)29-26(20)14-22(18)27/h3-14H,2H2,1H3. The molecule has 4 aromatic carbocycles. The van der Waals surface area contributed by atoms with Crippen LogP contribution in [-0.4, -0.2) is 4.57 Å². The maximum absolute atomic E-state index is 6.14. The number of fused-ring (bicyclic) bond motifs is 9. The smallest absolute Gasteiger partial charge is 0.137 e. The molecule has 0 aliphatic carbocycles. The van der Waals surface area contributed by atoms with Crippen LogP contribution in [-0.2, 0) is 6.54 Å². The topological polar surface area (TPSA) is 31.2 Å². The van der Waals surface area contributed by atoms with Gasteiger partial charge < -0.3 is 13.4 Å². The number of furan rings is 2. The van der Waals surface area contributed by atoms with E-state index in [1.165, 1.54) is 32.6 Å². The molecule has 0 N–H and O–H groups in total. The second-order valence-electron chi connectivity index (χ2n) is 7.67. The normalized spacial score (nSPS) is 12.4. The van der Waals surface area contributed by atoms with Gasteiger partial charge in [0, 0.05) is 51.0 Å². The molecule has 3 heterocycles. The first-order valence-electron chi connectivity index (χ1n) is 10.0. The highest BCUT2D eigenvalue weighted by molar-refractivity contribution is 6.20. The zero-order valence-corrected chi connectivity index (χ0v) is 15.9. The van der Waals surface area contributed by atoms with Crippen molar-refractivity contribution in [2.24, 2.45) is 0 Å². The molecule has 0 atom stereocenters. The Labute approximate surface area is 165 Å². The second kappa shape index (κ2) is 5.21. The van der Waals surface area contributed by atoms with Crippen molar-refractivity contribution in [3.05, 3.63) is 72.8 Å². The van der Waals surface area contributed by atoms with Crippen molar-refractivity contribution < 1.29 is 8.83 Å². The van der Waals surface area contributed by atoms with Crippen LogP contribution in [0.5, 0.6) is 0 Å². The molecule has 0 saturated heterocycles. The van der Waals surface area contributed by atoms with E-state index in [0.29, 0.717) is 0 Å². The minimum atomic E-state index is 0.886. The summed E-state index contributed by atoms with van der Waals surface area (Å²) in [6, 6.07) is 25.5. The average molecular weight is 375 g/mol. The molecule has 3 aromatic heterocycles. The van der Waals surface area contributed by atoms with Crippen LogP contribution in [0.15, 0.2) is 81.6 Å². The molecule has 3 nitrogen and oxygen atoms in total. The number of para-hydroxylation sites is 2. The molecule has 0 unspecified atom stereocenters. The number of benzene rings is 4. The molecule has 0 saturated carbocycles. The van der Waals surface area contributed by atoms with Gasteiger partial charge in [0.1, 0.15) is 22.3 Å². The molecule has 0 fully saturated rings. The first-order chi connectivity index (χ1) is 14.3. The fourth-order valence-electron chi connectivity index (χ4n) is 4.87. The lowest BCUT2D eigenvalue weighted by molar-refractivity contribution is 0.669. The largest absolute Gasteiger partial charge is 0.456 e. The van der Waals surface area contributed by atoms with Gasteiger partial charge in [0.15, 0.2) is 0 Å². The summed E-state index contributed by atoms with van der Waals surface area (Å²) in [6.45, 7) is 3.07. The Hall–Kier alpha value is -3.72. The van der Waals surface area contributed by atoms with Crippen LogP contribution in [0.4, 0.5) is 0 Å². The summed E-state index contributed by atoms with van der Waals surface area (Å²) in [4.78, 5) is 0. The van der Waals surface area contributed by atoms with Crippen LogP contribution in [0.25, 0.3) is 65.7 Å². The predicted octanol–water partition coefficient (Wildman–Crippen LogP) is 7.61. The Kier molecular flexibility index (Phi) is 2.73. The highest BCUT2D eigenvalue weighted by Crippen LogP contribution is 2.39. The highest BCUT2D eigenvalue weighted by Gasteiger charge is 2.17. The van der Waals surface area contributed by atoms with E-state index >= 15 is 0 Å². The number of hydrogen-bond acceptors (Lipinski definition) is 2. The molecule has 138 valence electrons. The minimum absolute atomic E-state index is 0.886. The molecule has 0 bridgehead atoms. The van der Waals surface area contributed by atoms with Crippen LogP contribution in [0.2, 0.25) is 0 Å². The van der Waals surface area contributed by atoms with Crippen LogP contribution in [0.1, 0.15) is 6.92 Å². The summed E-state index contributed by atoms with van der Waals surface area (Å²) >= 11 is 0. The Balaban J connectivity index is 1.71. The van der Waals surface area contributed by atoms with Gasteiger partial charge in [0.2, 0.25) is 0 Å². The summed E-state index contributed by atoms with van der Waals surface area (Å²) < 4.78 is 14.6. The van der Waals surface area contributed by atoms with Crippen molar-refractivity contribution >= 4 is 65.7 Å². The molecule has 0 spiro atoms. The molecule has 7 aromatic rings. The Bertz CT molecular complexity index is 1620. The molecule has 3 heteroatoms. The number of aromatic nitrogens is 1. The molecule has 7 rings (SSSR count). The van der Waals surface area contributed by atoms with Gasteiger partial charge in [0.25, 0.3) is 0 Å². The quantitative estimate of drug-likeness (QED) is 0.295. The zero-order chi connectivity index (χ0) is 19.1. The van der Waals surface area contributed by atoms with Crippen molar-refractivity contribution in [1.29, 1.82) is 0 Å². The number of aryl methyl sites for hydroxylation is 1. The average Bonchev–Trinajstić information content (AvgIpc) is 3.39. The molecule has 0 amide bonds. The lowest BCUT2D eigenvalue weighted by Crippen LogP contribution is -1.92. The van der Waals surface area contributed by atoms with Crippen LogP contribution >= 0.6 is 0 Å². The second-order valence-corrected chi connectivity index (χ2v) is 7.67. The molecular weight excluding hydrogens is 358 g/mol. The third kappa shape index (κ3) is 1.87. The van der Waals surface area contributed by atoms with E-state index in [1.54, 1.807) is 0 Å². The molecule has 0 aliphatic heterocycles. The third-order valence-corrected chi connectivity index (χ3v) is 6.18. The lowest BCUT2D eigenvalue weighted by Gasteiger charge is -2.02. The molecule has 0 radical (unpaired) electrons. The van der Waals surface area contributed by atoms with Gasteiger partial charge in [-0.15, -0.1) is 0 Å². The minimum Gasteiger partial charge on any atom is -0.456 e. The number of rotatable bonds is 1. The maximum Gasteiger partial charge on any atom is 0.137 e. The van der Waals surface area contributed by atoms with E-state index in [-0.39, 0.29) is 0 Å². The summed E-state index contributed by atoms with van der Waals surface area (Å²) in [5.74, 6) is 0. The van der Waals surface area contributed by atoms with Gasteiger partial charge in [-0.1, -0.05) is 36.4 Å². The molecule has 29 heavy (non-hydrogen) atoms. The molecular formula is C26H17NO2. The van der Waals surface area contributed by atoms with Crippen LogP contribution in [0, 0.1) is 0 Å². The van der Waals surface area contributed by atoms with Crippen molar-refractivity contribution in [3.63, 3.8) is 0 Å².